The van der Waals surface area contributed by atoms with E-state index in [9.17, 15) is 4.79 Å². The van der Waals surface area contributed by atoms with Crippen LogP contribution < -0.4 is 15.6 Å². The summed E-state index contributed by atoms with van der Waals surface area (Å²) in [5.41, 5.74) is 2.46. The topological polar surface area (TPSA) is 69.0 Å². The summed E-state index contributed by atoms with van der Waals surface area (Å²) < 4.78 is 7.04. The Bertz CT molecular complexity index is 989. The van der Waals surface area contributed by atoms with Crippen molar-refractivity contribution in [2.45, 2.75) is 38.6 Å². The van der Waals surface area contributed by atoms with Crippen molar-refractivity contribution in [3.05, 3.63) is 52.4 Å². The fourth-order valence-corrected chi connectivity index (χ4v) is 3.66. The molecule has 0 aliphatic heterocycles. The zero-order valence-corrected chi connectivity index (χ0v) is 15.0. The third-order valence-corrected chi connectivity index (χ3v) is 5.01. The number of hydrogen-bond donors (Lipinski definition) is 1. The van der Waals surface area contributed by atoms with Gasteiger partial charge in [-0.1, -0.05) is 12.8 Å². The lowest BCUT2D eigenvalue weighted by Crippen LogP contribution is -2.24. The van der Waals surface area contributed by atoms with Gasteiger partial charge in [-0.3, -0.25) is 9.36 Å². The van der Waals surface area contributed by atoms with E-state index in [0.717, 1.165) is 48.2 Å². The molecule has 0 radical (unpaired) electrons. The van der Waals surface area contributed by atoms with E-state index in [0.29, 0.717) is 11.6 Å². The van der Waals surface area contributed by atoms with Gasteiger partial charge in [0.05, 0.1) is 12.8 Å². The molecule has 0 saturated heterocycles. The van der Waals surface area contributed by atoms with Crippen molar-refractivity contribution >= 4 is 22.7 Å². The highest BCUT2D eigenvalue weighted by molar-refractivity contribution is 5.79. The van der Waals surface area contributed by atoms with Crippen LogP contribution in [-0.2, 0) is 0 Å². The van der Waals surface area contributed by atoms with E-state index in [1.54, 1.807) is 13.2 Å². The fourth-order valence-electron chi connectivity index (χ4n) is 3.66. The molecule has 26 heavy (non-hydrogen) atoms. The van der Waals surface area contributed by atoms with E-state index >= 15 is 0 Å². The lowest BCUT2D eigenvalue weighted by atomic mass is 10.2. The first-order valence-corrected chi connectivity index (χ1v) is 8.96. The molecule has 1 aromatic carbocycles. The van der Waals surface area contributed by atoms with Crippen molar-refractivity contribution < 1.29 is 4.74 Å². The van der Waals surface area contributed by atoms with Crippen LogP contribution >= 0.6 is 0 Å². The van der Waals surface area contributed by atoms with Gasteiger partial charge in [0.15, 0.2) is 0 Å². The normalized spacial score (nSPS) is 14.7. The number of hydrogen-bond acceptors (Lipinski definition) is 5. The molecule has 1 N–H and O–H groups in total. The Morgan fingerprint density at radius 2 is 1.81 bits per heavy atom. The average molecular weight is 350 g/mol. The molecule has 0 amide bonds. The molecule has 1 saturated carbocycles. The van der Waals surface area contributed by atoms with Gasteiger partial charge < -0.3 is 10.1 Å². The van der Waals surface area contributed by atoms with Crippen LogP contribution in [0.3, 0.4) is 0 Å². The van der Waals surface area contributed by atoms with E-state index in [-0.39, 0.29) is 11.6 Å². The smallest absolute Gasteiger partial charge is 0.252 e. The zero-order chi connectivity index (χ0) is 18.1. The van der Waals surface area contributed by atoms with Gasteiger partial charge in [-0.05, 0) is 50.1 Å². The summed E-state index contributed by atoms with van der Waals surface area (Å²) in [5, 5.41) is 4.16. The highest BCUT2D eigenvalue weighted by Gasteiger charge is 2.21. The maximum absolute atomic E-state index is 12.5. The number of aromatic nitrogens is 3. The Hall–Kier alpha value is -2.89. The molecule has 2 heterocycles. The van der Waals surface area contributed by atoms with Gasteiger partial charge in [-0.15, -0.1) is 0 Å². The molecular weight excluding hydrogens is 328 g/mol. The van der Waals surface area contributed by atoms with Crippen molar-refractivity contribution in [3.63, 3.8) is 0 Å². The first-order valence-electron chi connectivity index (χ1n) is 8.96. The molecule has 6 heteroatoms. The molecule has 3 aromatic rings. The Morgan fingerprint density at radius 1 is 1.08 bits per heavy atom. The van der Waals surface area contributed by atoms with Gasteiger partial charge in [0, 0.05) is 23.2 Å². The Morgan fingerprint density at radius 3 is 2.50 bits per heavy atom. The summed E-state index contributed by atoms with van der Waals surface area (Å²) >= 11 is 0. The predicted octanol–water partition coefficient (Wildman–Crippen LogP) is 3.97. The van der Waals surface area contributed by atoms with Crippen LogP contribution in [0.4, 0.5) is 11.6 Å². The van der Waals surface area contributed by atoms with Gasteiger partial charge in [0.2, 0.25) is 5.95 Å². The summed E-state index contributed by atoms with van der Waals surface area (Å²) in [4.78, 5) is 21.8. The first-order chi connectivity index (χ1) is 12.7. The standard InChI is InChI=1S/C20H22N4O2/c1-13-17-11-12-18(25)24(15-5-3-4-6-15)19(17)23-20(21-13)22-14-7-9-16(26-2)10-8-14/h7-12,15H,3-6H2,1-2H3,(H,21,22,23). The fraction of sp³-hybridized carbons (Fsp3) is 0.350. The number of benzene rings is 1. The lowest BCUT2D eigenvalue weighted by molar-refractivity contribution is 0.415. The molecule has 2 aromatic heterocycles. The number of nitrogens with zero attached hydrogens (tertiary/aromatic N) is 3. The minimum atomic E-state index is 0.0119. The minimum Gasteiger partial charge on any atom is -0.497 e. The number of methoxy groups -OCH3 is 1. The van der Waals surface area contributed by atoms with Gasteiger partial charge in [-0.2, -0.15) is 4.98 Å². The second-order valence-corrected chi connectivity index (χ2v) is 6.70. The molecule has 0 unspecified atom stereocenters. The molecular formula is C20H22N4O2. The molecule has 1 aliphatic carbocycles. The number of pyridine rings is 1. The van der Waals surface area contributed by atoms with Gasteiger partial charge in [0.1, 0.15) is 11.4 Å². The molecule has 1 aliphatic rings. The van der Waals surface area contributed by atoms with E-state index < -0.39 is 0 Å². The van der Waals surface area contributed by atoms with E-state index in [1.807, 2.05) is 41.8 Å². The highest BCUT2D eigenvalue weighted by atomic mass is 16.5. The molecule has 1 fully saturated rings. The predicted molar refractivity (Wildman–Crippen MR) is 102 cm³/mol. The van der Waals surface area contributed by atoms with E-state index in [1.165, 1.54) is 0 Å². The lowest BCUT2D eigenvalue weighted by Gasteiger charge is -2.17. The van der Waals surface area contributed by atoms with Crippen molar-refractivity contribution in [1.29, 1.82) is 0 Å². The van der Waals surface area contributed by atoms with Crippen molar-refractivity contribution in [2.24, 2.45) is 0 Å². The maximum atomic E-state index is 12.5. The van der Waals surface area contributed by atoms with Crippen LogP contribution in [0.15, 0.2) is 41.2 Å². The third kappa shape index (κ3) is 3.03. The van der Waals surface area contributed by atoms with Gasteiger partial charge in [0.25, 0.3) is 5.56 Å². The maximum Gasteiger partial charge on any atom is 0.252 e. The Balaban J connectivity index is 1.78. The van der Waals surface area contributed by atoms with Crippen molar-refractivity contribution in [1.82, 2.24) is 14.5 Å². The number of rotatable bonds is 4. The van der Waals surface area contributed by atoms with Crippen LogP contribution in [0.2, 0.25) is 0 Å². The zero-order valence-electron chi connectivity index (χ0n) is 15.0. The molecule has 0 bridgehead atoms. The average Bonchev–Trinajstić information content (AvgIpc) is 3.16. The van der Waals surface area contributed by atoms with Crippen LogP contribution in [-0.4, -0.2) is 21.6 Å². The van der Waals surface area contributed by atoms with Gasteiger partial charge >= 0.3 is 0 Å². The second-order valence-electron chi connectivity index (χ2n) is 6.70. The van der Waals surface area contributed by atoms with Crippen LogP contribution in [0.25, 0.3) is 11.0 Å². The summed E-state index contributed by atoms with van der Waals surface area (Å²) in [5.74, 6) is 1.29. The number of nitrogens with one attached hydrogen (secondary N) is 1. The van der Waals surface area contributed by atoms with Crippen LogP contribution in [0.5, 0.6) is 5.75 Å². The molecule has 6 nitrogen and oxygen atoms in total. The third-order valence-electron chi connectivity index (χ3n) is 5.01. The number of ether oxygens (including phenoxy) is 1. The Labute approximate surface area is 151 Å². The number of anilines is 2. The second kappa shape index (κ2) is 6.78. The molecule has 0 atom stereocenters. The van der Waals surface area contributed by atoms with Crippen LogP contribution in [0, 0.1) is 6.92 Å². The van der Waals surface area contributed by atoms with Crippen molar-refractivity contribution in [2.75, 3.05) is 12.4 Å². The monoisotopic (exact) mass is 350 g/mol. The Kier molecular flexibility index (Phi) is 4.32. The number of aryl methyl sites for hydroxylation is 1. The summed E-state index contributed by atoms with van der Waals surface area (Å²) in [6.07, 6.45) is 4.38. The first kappa shape index (κ1) is 16.6. The summed E-state index contributed by atoms with van der Waals surface area (Å²) in [7, 11) is 1.64. The molecule has 4 rings (SSSR count). The molecule has 134 valence electrons. The highest BCUT2D eigenvalue weighted by Crippen LogP contribution is 2.31. The minimum absolute atomic E-state index is 0.0119. The van der Waals surface area contributed by atoms with E-state index in [4.69, 9.17) is 4.74 Å². The van der Waals surface area contributed by atoms with Crippen LogP contribution in [0.1, 0.15) is 37.4 Å². The van der Waals surface area contributed by atoms with E-state index in [2.05, 4.69) is 15.3 Å². The SMILES string of the molecule is COc1ccc(Nc2nc(C)c3ccc(=O)n(C4CCCC4)c3n2)cc1. The summed E-state index contributed by atoms with van der Waals surface area (Å²) in [6.45, 7) is 1.95. The van der Waals surface area contributed by atoms with Gasteiger partial charge in [-0.25, -0.2) is 4.98 Å². The number of fused-ring (bicyclic) bond motifs is 1. The largest absolute Gasteiger partial charge is 0.497 e. The quantitative estimate of drug-likeness (QED) is 0.771. The summed E-state index contributed by atoms with van der Waals surface area (Å²) in [6, 6.07) is 11.3. The van der Waals surface area contributed by atoms with Crippen molar-refractivity contribution in [3.8, 4) is 5.75 Å². The molecule has 0 spiro atoms.